The van der Waals surface area contributed by atoms with Crippen molar-refractivity contribution in [1.82, 2.24) is 4.31 Å². The summed E-state index contributed by atoms with van der Waals surface area (Å²) in [6, 6.07) is 16.6. The molecule has 0 spiro atoms. The lowest BCUT2D eigenvalue weighted by atomic mass is 10.1. The second-order valence-corrected chi connectivity index (χ2v) is 8.88. The monoisotopic (exact) mass is 503 g/mol. The molecule has 0 saturated heterocycles. The van der Waals surface area contributed by atoms with Crippen molar-refractivity contribution in [2.45, 2.75) is 13.1 Å². The molecule has 3 aromatic carbocycles. The van der Waals surface area contributed by atoms with Crippen molar-refractivity contribution in [2.75, 3.05) is 35.5 Å². The van der Waals surface area contributed by atoms with Crippen LogP contribution in [0.4, 0.5) is 0 Å². The van der Waals surface area contributed by atoms with Crippen molar-refractivity contribution in [2.24, 2.45) is 0 Å². The Morgan fingerprint density at radius 1 is 0.571 bits per heavy atom. The molecule has 0 aliphatic rings. The molecule has 0 atom stereocenters. The van der Waals surface area contributed by atoms with Crippen molar-refractivity contribution in [3.8, 4) is 34.5 Å². The first-order chi connectivity index (χ1) is 16.8. The van der Waals surface area contributed by atoms with Gasteiger partial charge in [0.25, 0.3) is 0 Å². The molecule has 0 saturated carbocycles. The molecule has 0 unspecified atom stereocenters. The molecule has 0 fully saturated rings. The summed E-state index contributed by atoms with van der Waals surface area (Å²) >= 11 is 0. The molecule has 188 valence electrons. The average molecular weight is 504 g/mol. The van der Waals surface area contributed by atoms with Crippen LogP contribution in [0.3, 0.4) is 0 Å². The second-order valence-electron chi connectivity index (χ2n) is 7.34. The van der Waals surface area contributed by atoms with E-state index in [2.05, 4.69) is 0 Å². The fourth-order valence-electron chi connectivity index (χ4n) is 3.36. The van der Waals surface area contributed by atoms with E-state index >= 15 is 0 Å². The number of methoxy groups -OCH3 is 5. The van der Waals surface area contributed by atoms with E-state index in [-0.39, 0.29) is 18.8 Å². The van der Waals surface area contributed by atoms with Crippen LogP contribution in [0.15, 0.2) is 60.7 Å². The van der Waals surface area contributed by atoms with Gasteiger partial charge in [-0.1, -0.05) is 12.1 Å². The number of rotatable bonds is 12. The molecule has 0 aliphatic carbocycles. The molecule has 0 radical (unpaired) electrons. The lowest BCUT2D eigenvalue weighted by Crippen LogP contribution is -2.34. The van der Waals surface area contributed by atoms with Gasteiger partial charge < -0.3 is 27.9 Å². The van der Waals surface area contributed by atoms with Gasteiger partial charge in [0.1, 0.15) is 34.5 Å². The van der Waals surface area contributed by atoms with Crippen molar-refractivity contribution in [1.29, 1.82) is 0 Å². The van der Waals surface area contributed by atoms with E-state index in [0.717, 1.165) is 0 Å². The highest BCUT2D eigenvalue weighted by Gasteiger charge is 2.27. The predicted molar refractivity (Wildman–Crippen MR) is 131 cm³/mol. The van der Waals surface area contributed by atoms with Gasteiger partial charge >= 0.3 is 10.3 Å². The summed E-state index contributed by atoms with van der Waals surface area (Å²) in [7, 11) is 3.39. The zero-order valence-electron chi connectivity index (χ0n) is 20.3. The summed E-state index contributed by atoms with van der Waals surface area (Å²) in [5, 5.41) is 0. The Balaban J connectivity index is 1.99. The van der Waals surface area contributed by atoms with Gasteiger partial charge in [0.05, 0.1) is 35.5 Å². The summed E-state index contributed by atoms with van der Waals surface area (Å²) in [4.78, 5) is 0. The van der Waals surface area contributed by atoms with E-state index in [9.17, 15) is 8.42 Å². The molecule has 0 amide bonds. The molecule has 3 rings (SSSR count). The summed E-state index contributed by atoms with van der Waals surface area (Å²) < 4.78 is 60.1. The second kappa shape index (κ2) is 11.7. The summed E-state index contributed by atoms with van der Waals surface area (Å²) in [5.41, 5.74) is 1.25. The molecule has 0 aliphatic heterocycles. The van der Waals surface area contributed by atoms with Gasteiger partial charge in [-0.2, -0.15) is 12.7 Å². The minimum absolute atomic E-state index is 0.0269. The largest absolute Gasteiger partial charge is 0.497 e. The smallest absolute Gasteiger partial charge is 0.385 e. The fourth-order valence-corrected chi connectivity index (χ4v) is 4.42. The van der Waals surface area contributed by atoms with E-state index in [0.29, 0.717) is 39.9 Å². The van der Waals surface area contributed by atoms with Crippen LogP contribution < -0.4 is 27.9 Å². The van der Waals surface area contributed by atoms with Gasteiger partial charge in [-0.05, 0) is 36.4 Å². The molecular formula is C25H29NO8S. The normalized spacial score (nSPS) is 11.1. The van der Waals surface area contributed by atoms with Gasteiger partial charge in [-0.3, -0.25) is 0 Å². The van der Waals surface area contributed by atoms with Gasteiger partial charge in [0.2, 0.25) is 0 Å². The quantitative estimate of drug-likeness (QED) is 0.365. The Bertz CT molecular complexity index is 1170. The molecule has 0 bridgehead atoms. The highest BCUT2D eigenvalue weighted by molar-refractivity contribution is 7.84. The standard InChI is InChI=1S/C25H29NO8S/c1-29-20-10-12-21(13-11-20)34-35(27,28)26(16-18-6-8-22(30-2)14-24(18)32-4)17-19-7-9-23(31-3)15-25(19)33-5/h6-15H,16-17H2,1-5H3. The third kappa shape index (κ3) is 6.49. The van der Waals surface area contributed by atoms with E-state index in [1.807, 2.05) is 0 Å². The Kier molecular flexibility index (Phi) is 8.67. The molecule has 10 heteroatoms. The van der Waals surface area contributed by atoms with E-state index < -0.39 is 10.3 Å². The van der Waals surface area contributed by atoms with Crippen molar-refractivity contribution >= 4 is 10.3 Å². The van der Waals surface area contributed by atoms with Crippen LogP contribution in [0.5, 0.6) is 34.5 Å². The topological polar surface area (TPSA) is 92.8 Å². The van der Waals surface area contributed by atoms with Gasteiger partial charge in [-0.15, -0.1) is 0 Å². The Hall–Kier alpha value is -3.63. The van der Waals surface area contributed by atoms with Crippen LogP contribution in [0.1, 0.15) is 11.1 Å². The maximum atomic E-state index is 13.5. The fraction of sp³-hybridized carbons (Fsp3) is 0.280. The van der Waals surface area contributed by atoms with Crippen LogP contribution in [-0.2, 0) is 23.4 Å². The number of ether oxygens (including phenoxy) is 5. The Morgan fingerprint density at radius 2 is 0.971 bits per heavy atom. The minimum Gasteiger partial charge on any atom is -0.497 e. The molecular weight excluding hydrogens is 474 g/mol. The van der Waals surface area contributed by atoms with E-state index in [1.54, 1.807) is 62.8 Å². The number of hydrogen-bond acceptors (Lipinski definition) is 8. The van der Waals surface area contributed by atoms with E-state index in [1.165, 1.54) is 37.8 Å². The Morgan fingerprint density at radius 3 is 1.37 bits per heavy atom. The van der Waals surface area contributed by atoms with Crippen LogP contribution >= 0.6 is 0 Å². The van der Waals surface area contributed by atoms with Crippen LogP contribution in [0.2, 0.25) is 0 Å². The first-order valence-electron chi connectivity index (χ1n) is 10.6. The third-order valence-electron chi connectivity index (χ3n) is 5.26. The summed E-state index contributed by atoms with van der Waals surface area (Å²) in [6.45, 7) is -0.0539. The molecule has 3 aromatic rings. The van der Waals surface area contributed by atoms with Crippen LogP contribution in [0.25, 0.3) is 0 Å². The lowest BCUT2D eigenvalue weighted by Gasteiger charge is -2.24. The SMILES string of the molecule is COc1ccc(OS(=O)(=O)N(Cc2ccc(OC)cc2OC)Cc2ccc(OC)cc2OC)cc1. The lowest BCUT2D eigenvalue weighted by molar-refractivity contribution is 0.329. The van der Waals surface area contributed by atoms with Gasteiger partial charge in [0, 0.05) is 36.3 Å². The summed E-state index contributed by atoms with van der Waals surface area (Å²) in [6.07, 6.45) is 0. The molecule has 0 aromatic heterocycles. The number of hydrogen-bond donors (Lipinski definition) is 0. The van der Waals surface area contributed by atoms with Crippen LogP contribution in [-0.4, -0.2) is 48.3 Å². The highest BCUT2D eigenvalue weighted by atomic mass is 32.2. The average Bonchev–Trinajstić information content (AvgIpc) is 2.88. The number of benzene rings is 3. The minimum atomic E-state index is -4.25. The third-order valence-corrected chi connectivity index (χ3v) is 6.55. The first-order valence-corrected chi connectivity index (χ1v) is 12.0. The van der Waals surface area contributed by atoms with Crippen molar-refractivity contribution in [3.05, 3.63) is 71.8 Å². The maximum Gasteiger partial charge on any atom is 0.385 e. The van der Waals surface area contributed by atoms with E-state index in [4.69, 9.17) is 27.9 Å². The predicted octanol–water partition coefficient (Wildman–Crippen LogP) is 4.06. The Labute approximate surface area is 206 Å². The molecule has 9 nitrogen and oxygen atoms in total. The molecule has 0 heterocycles. The zero-order chi connectivity index (χ0) is 25.4. The molecule has 0 N–H and O–H groups in total. The van der Waals surface area contributed by atoms with Gasteiger partial charge in [0.15, 0.2) is 0 Å². The van der Waals surface area contributed by atoms with Crippen molar-refractivity contribution in [3.63, 3.8) is 0 Å². The van der Waals surface area contributed by atoms with Crippen molar-refractivity contribution < 1.29 is 36.3 Å². The highest BCUT2D eigenvalue weighted by Crippen LogP contribution is 2.31. The van der Waals surface area contributed by atoms with Gasteiger partial charge in [-0.25, -0.2) is 0 Å². The zero-order valence-corrected chi connectivity index (χ0v) is 21.1. The number of nitrogens with zero attached hydrogens (tertiary/aromatic N) is 1. The summed E-state index contributed by atoms with van der Waals surface area (Å²) in [5.74, 6) is 2.88. The molecule has 35 heavy (non-hydrogen) atoms. The van der Waals surface area contributed by atoms with Crippen LogP contribution in [0, 0.1) is 0 Å². The maximum absolute atomic E-state index is 13.5. The first kappa shape index (κ1) is 26.0.